The molecule has 1 N–H and O–H groups in total. The Morgan fingerprint density at radius 3 is 1.69 bits per heavy atom. The predicted molar refractivity (Wildman–Crippen MR) is 246 cm³/mol. The Balaban J connectivity index is 0.942. The number of phenols is 1. The molecule has 0 fully saturated rings. The second kappa shape index (κ2) is 12.8. The Kier molecular flexibility index (Phi) is 7.25. The molecule has 0 aliphatic rings. The molecule has 12 aromatic rings. The van der Waals surface area contributed by atoms with Crippen LogP contribution < -0.4 is 0 Å². The van der Waals surface area contributed by atoms with Crippen molar-refractivity contribution < 1.29 is 5.11 Å². The third-order valence-electron chi connectivity index (χ3n) is 11.8. The summed E-state index contributed by atoms with van der Waals surface area (Å²) in [5, 5.41) is 18.9. The summed E-state index contributed by atoms with van der Waals surface area (Å²) in [5.41, 5.74) is 13.3. The number of aromatic hydroxyl groups is 1. The summed E-state index contributed by atoms with van der Waals surface area (Å²) in [6, 6.07) is 71.2. The molecule has 0 saturated heterocycles. The number of nitrogens with zero attached hydrogens (tertiary/aromatic N) is 2. The van der Waals surface area contributed by atoms with Crippen LogP contribution in [-0.2, 0) is 0 Å². The van der Waals surface area contributed by atoms with Gasteiger partial charge in [0.1, 0.15) is 5.75 Å². The third kappa shape index (κ3) is 4.99. The fraction of sp³-hybridized carbons (Fsp3) is 0. The van der Waals surface area contributed by atoms with Crippen molar-refractivity contribution in [2.24, 2.45) is 0 Å². The molecule has 0 saturated carbocycles. The van der Waals surface area contributed by atoms with Crippen molar-refractivity contribution in [3.05, 3.63) is 200 Å². The lowest BCUT2D eigenvalue weighted by molar-refractivity contribution is 0.477. The van der Waals surface area contributed by atoms with E-state index in [0.717, 1.165) is 44.8 Å². The molecule has 0 aliphatic carbocycles. The maximum absolute atomic E-state index is 11.3. The lowest BCUT2D eigenvalue weighted by Gasteiger charge is -2.12. The normalized spacial score (nSPS) is 11.9. The van der Waals surface area contributed by atoms with Crippen LogP contribution in [0.2, 0.25) is 0 Å². The number of benzene rings is 9. The van der Waals surface area contributed by atoms with E-state index >= 15 is 0 Å². The van der Waals surface area contributed by atoms with E-state index in [1.165, 1.54) is 63.8 Å². The molecule has 0 amide bonds. The summed E-state index contributed by atoms with van der Waals surface area (Å²) >= 11 is 1.87. The van der Waals surface area contributed by atoms with Gasteiger partial charge in [-0.15, -0.1) is 11.3 Å². The Bertz CT molecular complexity index is 3530. The van der Waals surface area contributed by atoms with Gasteiger partial charge in [0.05, 0.1) is 22.1 Å². The van der Waals surface area contributed by atoms with Crippen molar-refractivity contribution in [2.75, 3.05) is 0 Å². The van der Waals surface area contributed by atoms with Crippen molar-refractivity contribution >= 4 is 75.1 Å². The van der Waals surface area contributed by atoms with Crippen LogP contribution in [0.3, 0.4) is 0 Å². The zero-order chi connectivity index (χ0) is 38.3. The van der Waals surface area contributed by atoms with E-state index in [1.807, 2.05) is 23.5 Å². The minimum Gasteiger partial charge on any atom is -0.507 e. The van der Waals surface area contributed by atoms with Gasteiger partial charge >= 0.3 is 0 Å². The van der Waals surface area contributed by atoms with Gasteiger partial charge in [-0.05, 0) is 107 Å². The van der Waals surface area contributed by atoms with Gasteiger partial charge in [0.25, 0.3) is 0 Å². The molecular formula is C54H34N2OS. The Morgan fingerprint density at radius 1 is 0.345 bits per heavy atom. The molecule has 12 rings (SSSR count). The van der Waals surface area contributed by atoms with Gasteiger partial charge in [-0.1, -0.05) is 121 Å². The van der Waals surface area contributed by atoms with Crippen LogP contribution >= 0.6 is 11.3 Å². The first-order chi connectivity index (χ1) is 28.7. The van der Waals surface area contributed by atoms with Gasteiger partial charge in [0.15, 0.2) is 0 Å². The van der Waals surface area contributed by atoms with Crippen LogP contribution in [0.25, 0.3) is 109 Å². The number of hydrogen-bond donors (Lipinski definition) is 1. The largest absolute Gasteiger partial charge is 0.507 e. The molecule has 9 aromatic carbocycles. The van der Waals surface area contributed by atoms with Crippen LogP contribution in [0, 0.1) is 0 Å². The monoisotopic (exact) mass is 758 g/mol. The first-order valence-electron chi connectivity index (χ1n) is 19.6. The molecule has 3 heterocycles. The molecule has 272 valence electrons. The molecule has 0 atom stereocenters. The molecule has 0 bridgehead atoms. The molecule has 58 heavy (non-hydrogen) atoms. The second-order valence-electron chi connectivity index (χ2n) is 15.1. The molecule has 0 unspecified atom stereocenters. The highest BCUT2D eigenvalue weighted by Gasteiger charge is 2.18. The van der Waals surface area contributed by atoms with Crippen LogP contribution in [0.4, 0.5) is 0 Å². The van der Waals surface area contributed by atoms with Gasteiger partial charge in [-0.3, -0.25) is 0 Å². The molecule has 3 nitrogen and oxygen atoms in total. The van der Waals surface area contributed by atoms with Gasteiger partial charge in [-0.2, -0.15) is 0 Å². The van der Waals surface area contributed by atoms with Crippen LogP contribution in [-0.4, -0.2) is 14.2 Å². The van der Waals surface area contributed by atoms with Gasteiger partial charge < -0.3 is 14.2 Å². The third-order valence-corrected chi connectivity index (χ3v) is 13.0. The zero-order valence-corrected chi connectivity index (χ0v) is 32.1. The Hall–Kier alpha value is -7.40. The van der Waals surface area contributed by atoms with E-state index in [-0.39, 0.29) is 5.75 Å². The number of thiophene rings is 1. The molecular weight excluding hydrogens is 725 g/mol. The number of para-hydroxylation sites is 4. The summed E-state index contributed by atoms with van der Waals surface area (Å²) in [6.07, 6.45) is 0. The summed E-state index contributed by atoms with van der Waals surface area (Å²) in [6.45, 7) is 0. The highest BCUT2D eigenvalue weighted by molar-refractivity contribution is 7.26. The first-order valence-corrected chi connectivity index (χ1v) is 20.5. The minimum absolute atomic E-state index is 0.263. The maximum Gasteiger partial charge on any atom is 0.123 e. The average molecular weight is 759 g/mol. The van der Waals surface area contributed by atoms with Gasteiger partial charge in [0, 0.05) is 58.7 Å². The van der Waals surface area contributed by atoms with E-state index in [2.05, 4.69) is 197 Å². The molecule has 0 radical (unpaired) electrons. The maximum atomic E-state index is 11.3. The fourth-order valence-electron chi connectivity index (χ4n) is 9.16. The quantitative estimate of drug-likeness (QED) is 0.186. The molecule has 4 heteroatoms. The lowest BCUT2D eigenvalue weighted by Crippen LogP contribution is -1.94. The minimum atomic E-state index is 0.263. The van der Waals surface area contributed by atoms with Crippen molar-refractivity contribution in [1.82, 2.24) is 9.13 Å². The van der Waals surface area contributed by atoms with Gasteiger partial charge in [-0.25, -0.2) is 0 Å². The molecule has 0 spiro atoms. The zero-order valence-electron chi connectivity index (χ0n) is 31.3. The predicted octanol–water partition coefficient (Wildman–Crippen LogP) is 15.0. The van der Waals surface area contributed by atoms with Crippen molar-refractivity contribution in [3.63, 3.8) is 0 Å². The van der Waals surface area contributed by atoms with E-state index in [4.69, 9.17) is 0 Å². The number of phenolic OH excluding ortho intramolecular Hbond substituents is 1. The summed E-state index contributed by atoms with van der Waals surface area (Å²) < 4.78 is 7.31. The number of rotatable bonds is 5. The summed E-state index contributed by atoms with van der Waals surface area (Å²) in [4.78, 5) is 0. The number of fused-ring (bicyclic) bond motifs is 10. The topological polar surface area (TPSA) is 30.1 Å². The molecule has 3 aromatic heterocycles. The number of hydrogen-bond acceptors (Lipinski definition) is 2. The SMILES string of the molecule is Oc1ccc(-c2ccc3sc4c(ccc5c4c4ccccc4n5-c4ccccc4)c3c2)cc1-c1cccc(-c2cccc(-n3c4ccccc4c4ccccc43)c2)c1. The number of aromatic nitrogens is 2. The van der Waals surface area contributed by atoms with E-state index in [9.17, 15) is 5.11 Å². The average Bonchev–Trinajstić information content (AvgIpc) is 3.94. The highest BCUT2D eigenvalue weighted by Crippen LogP contribution is 2.45. The standard InChI is InChI=1S/C54H34N2OS/c57-51-28-24-36(37-25-29-52-46(33-37)43-26-27-50-53(54(43)58-52)44-20-6-9-23-49(44)55(50)39-15-2-1-3-16-39)32-45(51)38-14-10-12-34(30-38)35-13-11-17-40(31-35)56-47-21-7-4-18-41(47)42-19-5-8-22-48(42)56/h1-33,57H. The van der Waals surface area contributed by atoms with E-state index in [1.54, 1.807) is 0 Å². The fourth-order valence-corrected chi connectivity index (χ4v) is 10.4. The van der Waals surface area contributed by atoms with Crippen molar-refractivity contribution in [3.8, 4) is 50.5 Å². The Labute approximate surface area is 338 Å². The lowest BCUT2D eigenvalue weighted by atomic mass is 9.95. The van der Waals surface area contributed by atoms with Crippen molar-refractivity contribution in [2.45, 2.75) is 0 Å². The van der Waals surface area contributed by atoms with Crippen LogP contribution in [0.1, 0.15) is 0 Å². The smallest absolute Gasteiger partial charge is 0.123 e. The summed E-state index contributed by atoms with van der Waals surface area (Å²) in [7, 11) is 0. The molecule has 0 aliphatic heterocycles. The van der Waals surface area contributed by atoms with Crippen LogP contribution in [0.5, 0.6) is 5.75 Å². The van der Waals surface area contributed by atoms with Crippen molar-refractivity contribution in [1.29, 1.82) is 0 Å². The van der Waals surface area contributed by atoms with E-state index in [0.29, 0.717) is 0 Å². The second-order valence-corrected chi connectivity index (χ2v) is 16.1. The van der Waals surface area contributed by atoms with Crippen LogP contribution in [0.15, 0.2) is 200 Å². The van der Waals surface area contributed by atoms with E-state index < -0.39 is 0 Å². The first kappa shape index (κ1) is 32.8. The Morgan fingerprint density at radius 2 is 0.914 bits per heavy atom. The highest BCUT2D eigenvalue weighted by atomic mass is 32.1. The summed E-state index contributed by atoms with van der Waals surface area (Å²) in [5.74, 6) is 0.263. The van der Waals surface area contributed by atoms with Gasteiger partial charge in [0.2, 0.25) is 0 Å².